The molecule has 1 aromatic carbocycles. The van der Waals surface area contributed by atoms with Gasteiger partial charge in [-0.05, 0) is 43.5 Å². The minimum absolute atomic E-state index is 0.102. The molecule has 0 bridgehead atoms. The molecule has 0 saturated carbocycles. The average molecular weight is 338 g/mol. The predicted octanol–water partition coefficient (Wildman–Crippen LogP) is 2.19. The first-order valence-corrected chi connectivity index (χ1v) is 8.79. The van der Waals surface area contributed by atoms with Crippen molar-refractivity contribution in [3.05, 3.63) is 47.7 Å². The number of hydrogen-bond acceptors (Lipinski definition) is 5. The van der Waals surface area contributed by atoms with E-state index in [1.807, 2.05) is 48.2 Å². The minimum Gasteiger partial charge on any atom is -0.480 e. The number of nitrogens with one attached hydrogen (secondary N) is 1. The maximum atomic E-state index is 12.7. The highest BCUT2D eigenvalue weighted by atomic mass is 16.5. The summed E-state index contributed by atoms with van der Waals surface area (Å²) in [6, 6.07) is 12.1. The van der Waals surface area contributed by atoms with Crippen LogP contribution in [0.25, 0.3) is 0 Å². The normalized spacial score (nSPS) is 20.0. The summed E-state index contributed by atoms with van der Waals surface area (Å²) in [5, 5.41) is 11.6. The van der Waals surface area contributed by atoms with Gasteiger partial charge in [0.15, 0.2) is 6.10 Å². The molecular weight excluding hydrogens is 316 g/mol. The highest BCUT2D eigenvalue weighted by Crippen LogP contribution is 2.29. The maximum Gasteiger partial charge on any atom is 0.263 e. The Morgan fingerprint density at radius 3 is 2.68 bits per heavy atom. The SMILES string of the molecule is Cc1ccc(NC2CCN(C(=O)[C@@H]3Cc4ccccc4O3)CC2)nn1. The second-order valence-electron chi connectivity index (χ2n) is 6.72. The number of benzene rings is 1. The Morgan fingerprint density at radius 1 is 1.16 bits per heavy atom. The van der Waals surface area contributed by atoms with Gasteiger partial charge in [0.05, 0.1) is 5.69 Å². The lowest BCUT2D eigenvalue weighted by atomic mass is 10.0. The summed E-state index contributed by atoms with van der Waals surface area (Å²) in [6.07, 6.45) is 2.11. The Balaban J connectivity index is 1.30. The molecule has 0 unspecified atom stereocenters. The van der Waals surface area contributed by atoms with E-state index in [1.165, 1.54) is 0 Å². The zero-order valence-corrected chi connectivity index (χ0v) is 14.3. The number of piperidine rings is 1. The molecule has 2 aliphatic rings. The van der Waals surface area contributed by atoms with Crippen LogP contribution in [0.5, 0.6) is 5.75 Å². The molecule has 2 aromatic rings. The number of nitrogens with zero attached hydrogens (tertiary/aromatic N) is 3. The first-order chi connectivity index (χ1) is 12.2. The van der Waals surface area contributed by atoms with Crippen LogP contribution < -0.4 is 10.1 Å². The van der Waals surface area contributed by atoms with E-state index in [-0.39, 0.29) is 12.0 Å². The van der Waals surface area contributed by atoms with Crippen molar-refractivity contribution in [1.82, 2.24) is 15.1 Å². The summed E-state index contributed by atoms with van der Waals surface area (Å²) in [5.74, 6) is 1.74. The zero-order chi connectivity index (χ0) is 17.2. The van der Waals surface area contributed by atoms with Crippen molar-refractivity contribution in [2.45, 2.75) is 38.3 Å². The van der Waals surface area contributed by atoms with Crippen LogP contribution >= 0.6 is 0 Å². The highest BCUT2D eigenvalue weighted by Gasteiger charge is 2.33. The second kappa shape index (κ2) is 6.70. The van der Waals surface area contributed by atoms with E-state index in [0.717, 1.165) is 48.8 Å². The molecule has 1 fully saturated rings. The van der Waals surface area contributed by atoms with E-state index >= 15 is 0 Å². The number of carbonyl (C=O) groups excluding carboxylic acids is 1. The number of fused-ring (bicyclic) bond motifs is 1. The van der Waals surface area contributed by atoms with Crippen molar-refractivity contribution in [1.29, 1.82) is 0 Å². The fraction of sp³-hybridized carbons (Fsp3) is 0.421. The molecule has 1 N–H and O–H groups in total. The van der Waals surface area contributed by atoms with Crippen LogP contribution in [0.2, 0.25) is 0 Å². The van der Waals surface area contributed by atoms with E-state index in [4.69, 9.17) is 4.74 Å². The molecule has 0 spiro atoms. The Kier molecular flexibility index (Phi) is 4.26. The summed E-state index contributed by atoms with van der Waals surface area (Å²) >= 11 is 0. The number of rotatable bonds is 3. The first-order valence-electron chi connectivity index (χ1n) is 8.79. The molecular formula is C19H22N4O2. The average Bonchev–Trinajstić information content (AvgIpc) is 3.08. The first kappa shape index (κ1) is 15.9. The molecule has 6 heteroatoms. The lowest BCUT2D eigenvalue weighted by molar-refractivity contribution is -0.138. The Labute approximate surface area is 147 Å². The van der Waals surface area contributed by atoms with Crippen molar-refractivity contribution < 1.29 is 9.53 Å². The standard InChI is InChI=1S/C19H22N4O2/c1-13-6-7-18(22-21-13)20-15-8-10-23(11-9-15)19(24)17-12-14-4-2-3-5-16(14)25-17/h2-7,15,17H,8-12H2,1H3,(H,20,22)/t17-/m0/s1. The molecule has 2 aliphatic heterocycles. The van der Waals surface area contributed by atoms with E-state index in [9.17, 15) is 4.79 Å². The molecule has 1 aromatic heterocycles. The van der Waals surface area contributed by atoms with Gasteiger partial charge in [-0.2, -0.15) is 5.10 Å². The van der Waals surface area contributed by atoms with Crippen LogP contribution in [0.3, 0.4) is 0 Å². The quantitative estimate of drug-likeness (QED) is 0.929. The van der Waals surface area contributed by atoms with E-state index in [0.29, 0.717) is 12.5 Å². The summed E-state index contributed by atoms with van der Waals surface area (Å²) in [7, 11) is 0. The Hall–Kier alpha value is -2.63. The van der Waals surface area contributed by atoms with Gasteiger partial charge in [-0.25, -0.2) is 0 Å². The predicted molar refractivity (Wildman–Crippen MR) is 94.6 cm³/mol. The molecule has 1 amide bonds. The van der Waals surface area contributed by atoms with Crippen molar-refractivity contribution in [2.75, 3.05) is 18.4 Å². The van der Waals surface area contributed by atoms with Gasteiger partial charge in [-0.3, -0.25) is 4.79 Å². The third kappa shape index (κ3) is 3.43. The van der Waals surface area contributed by atoms with Gasteiger partial charge in [0.25, 0.3) is 5.91 Å². The van der Waals surface area contributed by atoms with E-state index in [2.05, 4.69) is 15.5 Å². The molecule has 25 heavy (non-hydrogen) atoms. The van der Waals surface area contributed by atoms with Crippen molar-refractivity contribution >= 4 is 11.7 Å². The monoisotopic (exact) mass is 338 g/mol. The lowest BCUT2D eigenvalue weighted by Gasteiger charge is -2.33. The number of carbonyl (C=O) groups is 1. The maximum absolute atomic E-state index is 12.7. The van der Waals surface area contributed by atoms with Gasteiger partial charge in [0.2, 0.25) is 0 Å². The summed E-state index contributed by atoms with van der Waals surface area (Å²) in [5.41, 5.74) is 2.03. The van der Waals surface area contributed by atoms with Crippen molar-refractivity contribution in [3.63, 3.8) is 0 Å². The van der Waals surface area contributed by atoms with Gasteiger partial charge in [0, 0.05) is 25.6 Å². The lowest BCUT2D eigenvalue weighted by Crippen LogP contribution is -2.47. The number of aromatic nitrogens is 2. The van der Waals surface area contributed by atoms with Crippen molar-refractivity contribution in [2.24, 2.45) is 0 Å². The van der Waals surface area contributed by atoms with Gasteiger partial charge >= 0.3 is 0 Å². The zero-order valence-electron chi connectivity index (χ0n) is 14.3. The van der Waals surface area contributed by atoms with Crippen LogP contribution in [0.4, 0.5) is 5.82 Å². The highest BCUT2D eigenvalue weighted by molar-refractivity contribution is 5.82. The molecule has 1 saturated heterocycles. The Morgan fingerprint density at radius 2 is 1.96 bits per heavy atom. The van der Waals surface area contributed by atoms with Crippen LogP contribution in [0.15, 0.2) is 36.4 Å². The second-order valence-corrected chi connectivity index (χ2v) is 6.72. The molecule has 130 valence electrons. The third-order valence-corrected chi connectivity index (χ3v) is 4.88. The Bertz CT molecular complexity index is 729. The van der Waals surface area contributed by atoms with Crippen molar-refractivity contribution in [3.8, 4) is 5.75 Å². The van der Waals surface area contributed by atoms with Gasteiger partial charge in [-0.15, -0.1) is 5.10 Å². The van der Waals surface area contributed by atoms with E-state index in [1.54, 1.807) is 0 Å². The number of amides is 1. The molecule has 6 nitrogen and oxygen atoms in total. The molecule has 3 heterocycles. The number of anilines is 1. The number of para-hydroxylation sites is 1. The molecule has 0 radical (unpaired) electrons. The number of ether oxygens (including phenoxy) is 1. The molecule has 1 atom stereocenters. The summed E-state index contributed by atoms with van der Waals surface area (Å²) in [4.78, 5) is 14.7. The number of aryl methyl sites for hydroxylation is 1. The van der Waals surface area contributed by atoms with Crippen LogP contribution in [-0.4, -0.2) is 46.2 Å². The van der Waals surface area contributed by atoms with Crippen LogP contribution in [0, 0.1) is 6.92 Å². The van der Waals surface area contributed by atoms with E-state index < -0.39 is 0 Å². The smallest absolute Gasteiger partial charge is 0.263 e. The number of hydrogen-bond donors (Lipinski definition) is 1. The minimum atomic E-state index is -0.370. The fourth-order valence-electron chi connectivity index (χ4n) is 3.45. The third-order valence-electron chi connectivity index (χ3n) is 4.88. The summed E-state index contributed by atoms with van der Waals surface area (Å²) in [6.45, 7) is 3.41. The summed E-state index contributed by atoms with van der Waals surface area (Å²) < 4.78 is 5.83. The largest absolute Gasteiger partial charge is 0.480 e. The van der Waals surface area contributed by atoms with Gasteiger partial charge in [-0.1, -0.05) is 18.2 Å². The van der Waals surface area contributed by atoms with Crippen LogP contribution in [0.1, 0.15) is 24.1 Å². The molecule has 0 aliphatic carbocycles. The fourth-order valence-corrected chi connectivity index (χ4v) is 3.45. The van der Waals surface area contributed by atoms with Gasteiger partial charge in [0.1, 0.15) is 11.6 Å². The topological polar surface area (TPSA) is 67.4 Å². The van der Waals surface area contributed by atoms with Gasteiger partial charge < -0.3 is 15.0 Å². The number of likely N-dealkylation sites (tertiary alicyclic amines) is 1. The molecule has 4 rings (SSSR count). The van der Waals surface area contributed by atoms with Crippen LogP contribution in [-0.2, 0) is 11.2 Å².